The van der Waals surface area contributed by atoms with Crippen molar-refractivity contribution in [1.29, 1.82) is 0 Å². The third-order valence-electron chi connectivity index (χ3n) is 3.74. The van der Waals surface area contributed by atoms with E-state index in [9.17, 15) is 4.79 Å². The van der Waals surface area contributed by atoms with Crippen LogP contribution in [-0.4, -0.2) is 29.9 Å². The quantitative estimate of drug-likeness (QED) is 0.869. The molecular formula is C15H20AsNO2. The van der Waals surface area contributed by atoms with Crippen LogP contribution >= 0.6 is 0 Å². The van der Waals surface area contributed by atoms with E-state index in [-0.39, 0.29) is 11.8 Å². The number of benzene rings is 1. The Morgan fingerprint density at radius 3 is 2.63 bits per heavy atom. The molecule has 4 heteroatoms. The van der Waals surface area contributed by atoms with Crippen molar-refractivity contribution in [3.63, 3.8) is 0 Å². The van der Waals surface area contributed by atoms with E-state index in [1.807, 2.05) is 25.1 Å². The summed E-state index contributed by atoms with van der Waals surface area (Å²) in [6.45, 7) is 1.99. The van der Waals surface area contributed by atoms with Gasteiger partial charge in [-0.15, -0.1) is 0 Å². The van der Waals surface area contributed by atoms with E-state index in [0.29, 0.717) is 4.71 Å². The van der Waals surface area contributed by atoms with E-state index >= 15 is 0 Å². The molecule has 19 heavy (non-hydrogen) atoms. The summed E-state index contributed by atoms with van der Waals surface area (Å²) in [6.07, 6.45) is 4.26. The molecule has 2 rings (SSSR count). The van der Waals surface area contributed by atoms with Crippen LogP contribution < -0.4 is 10.1 Å². The average molecular weight is 321 g/mol. The molecule has 0 aliphatic heterocycles. The first kappa shape index (κ1) is 14.5. The molecule has 1 N–H and O–H groups in total. The summed E-state index contributed by atoms with van der Waals surface area (Å²) < 4.78 is 5.98. The zero-order chi connectivity index (χ0) is 13.8. The second-order valence-electron chi connectivity index (χ2n) is 5.18. The van der Waals surface area contributed by atoms with Gasteiger partial charge in [0.2, 0.25) is 0 Å². The third kappa shape index (κ3) is 3.76. The van der Waals surface area contributed by atoms with E-state index in [1.165, 1.54) is 0 Å². The number of rotatable bonds is 3. The fourth-order valence-corrected chi connectivity index (χ4v) is 3.11. The molecule has 1 amide bonds. The molecule has 1 aromatic carbocycles. The molecule has 0 bridgehead atoms. The molecule has 1 aliphatic carbocycles. The minimum absolute atomic E-state index is 0.144. The van der Waals surface area contributed by atoms with Crippen molar-refractivity contribution >= 4 is 28.4 Å². The number of ether oxygens (including phenoxy) is 1. The van der Waals surface area contributed by atoms with Gasteiger partial charge in [-0.1, -0.05) is 0 Å². The van der Waals surface area contributed by atoms with E-state index in [1.54, 1.807) is 7.11 Å². The standard InChI is InChI=1S/C15H20AsNO2/c1-10-3-8-13(9-14(10)19-2)17-15(18)11-4-6-12(16)7-5-11/h3,8-9,11-12H,4-7H2,1-2H3,(H,17,18). The Hall–Kier alpha value is -0.952. The maximum atomic E-state index is 12.2. The normalized spacial score (nSPS) is 22.9. The molecule has 0 spiro atoms. The van der Waals surface area contributed by atoms with Gasteiger partial charge in [0, 0.05) is 0 Å². The molecule has 0 heterocycles. The van der Waals surface area contributed by atoms with Gasteiger partial charge in [-0.25, -0.2) is 0 Å². The summed E-state index contributed by atoms with van der Waals surface area (Å²) in [6, 6.07) is 5.78. The first-order chi connectivity index (χ1) is 9.10. The van der Waals surface area contributed by atoms with Crippen LogP contribution in [0.5, 0.6) is 5.75 Å². The van der Waals surface area contributed by atoms with Crippen molar-refractivity contribution in [3.8, 4) is 5.75 Å². The molecule has 102 valence electrons. The van der Waals surface area contributed by atoms with Gasteiger partial charge in [-0.2, -0.15) is 0 Å². The van der Waals surface area contributed by atoms with Gasteiger partial charge in [0.05, 0.1) is 0 Å². The van der Waals surface area contributed by atoms with Crippen LogP contribution in [-0.2, 0) is 4.79 Å². The number of hydrogen-bond donors (Lipinski definition) is 1. The fourth-order valence-electron chi connectivity index (χ4n) is 2.48. The molecule has 1 aromatic rings. The summed E-state index contributed by atoms with van der Waals surface area (Å²) >= 11 is 2.71. The second-order valence-corrected chi connectivity index (χ2v) is 6.71. The Labute approximate surface area is 123 Å². The Morgan fingerprint density at radius 2 is 2.00 bits per heavy atom. The second kappa shape index (κ2) is 6.47. The van der Waals surface area contributed by atoms with Gasteiger partial charge in [-0.05, 0) is 0 Å². The van der Waals surface area contributed by atoms with Crippen LogP contribution in [0.2, 0.25) is 4.71 Å². The summed E-state index contributed by atoms with van der Waals surface area (Å²) in [5.41, 5.74) is 1.90. The fraction of sp³-hybridized carbons (Fsp3) is 0.533. The number of aryl methyl sites for hydroxylation is 1. The molecule has 0 saturated heterocycles. The topological polar surface area (TPSA) is 38.3 Å². The maximum absolute atomic E-state index is 12.2. The minimum atomic E-state index is 0.144. The van der Waals surface area contributed by atoms with Crippen LogP contribution in [0.15, 0.2) is 18.2 Å². The van der Waals surface area contributed by atoms with Crippen molar-refractivity contribution < 1.29 is 9.53 Å². The van der Waals surface area contributed by atoms with Crippen LogP contribution in [0, 0.1) is 12.8 Å². The number of methoxy groups -OCH3 is 1. The number of anilines is 1. The van der Waals surface area contributed by atoms with Gasteiger partial charge < -0.3 is 0 Å². The van der Waals surface area contributed by atoms with E-state index < -0.39 is 0 Å². The average Bonchev–Trinajstić information content (AvgIpc) is 2.41. The van der Waals surface area contributed by atoms with Gasteiger partial charge >= 0.3 is 123 Å². The van der Waals surface area contributed by atoms with E-state index in [2.05, 4.69) is 22.2 Å². The molecule has 1 saturated carbocycles. The Balaban J connectivity index is 1.98. The number of amides is 1. The first-order valence-electron chi connectivity index (χ1n) is 6.73. The SMILES string of the molecule is COc1cc(NC(=O)C2CCC([As])CC2)ccc1C. The summed E-state index contributed by atoms with van der Waals surface area (Å²) in [5.74, 6) is 1.12. The zero-order valence-corrected chi connectivity index (χ0v) is 13.4. The van der Waals surface area contributed by atoms with E-state index in [0.717, 1.165) is 42.7 Å². The van der Waals surface area contributed by atoms with Gasteiger partial charge in [0.1, 0.15) is 0 Å². The molecule has 2 radical (unpaired) electrons. The zero-order valence-electron chi connectivity index (χ0n) is 11.5. The molecule has 0 unspecified atom stereocenters. The van der Waals surface area contributed by atoms with Crippen LogP contribution in [0.25, 0.3) is 0 Å². The Morgan fingerprint density at radius 1 is 1.32 bits per heavy atom. The van der Waals surface area contributed by atoms with Crippen molar-refractivity contribution in [2.45, 2.75) is 37.3 Å². The first-order valence-corrected chi connectivity index (χ1v) is 7.82. The summed E-state index contributed by atoms with van der Waals surface area (Å²) in [5, 5.41) is 3.00. The monoisotopic (exact) mass is 321 g/mol. The predicted octanol–water partition coefficient (Wildman–Crippen LogP) is 3.09. The van der Waals surface area contributed by atoms with Gasteiger partial charge in [0.25, 0.3) is 0 Å². The molecule has 1 fully saturated rings. The van der Waals surface area contributed by atoms with Crippen LogP contribution in [0.1, 0.15) is 31.2 Å². The molecule has 0 atom stereocenters. The number of nitrogens with one attached hydrogen (secondary N) is 1. The molecule has 0 aromatic heterocycles. The van der Waals surface area contributed by atoms with Crippen LogP contribution in [0.4, 0.5) is 5.69 Å². The van der Waals surface area contributed by atoms with Crippen molar-refractivity contribution in [1.82, 2.24) is 0 Å². The predicted molar refractivity (Wildman–Crippen MR) is 77.8 cm³/mol. The van der Waals surface area contributed by atoms with Crippen molar-refractivity contribution in [3.05, 3.63) is 23.8 Å². The van der Waals surface area contributed by atoms with Gasteiger partial charge in [0.15, 0.2) is 0 Å². The molecular weight excluding hydrogens is 301 g/mol. The molecule has 3 nitrogen and oxygen atoms in total. The number of carbonyl (C=O) groups excluding carboxylic acids is 1. The summed E-state index contributed by atoms with van der Waals surface area (Å²) in [4.78, 5) is 12.2. The third-order valence-corrected chi connectivity index (χ3v) is 4.83. The van der Waals surface area contributed by atoms with Gasteiger partial charge in [-0.3, -0.25) is 0 Å². The number of carbonyl (C=O) groups is 1. The van der Waals surface area contributed by atoms with Crippen LogP contribution in [0.3, 0.4) is 0 Å². The molecule has 1 aliphatic rings. The number of hydrogen-bond acceptors (Lipinski definition) is 2. The Bertz CT molecular complexity index is 453. The van der Waals surface area contributed by atoms with Crippen molar-refractivity contribution in [2.24, 2.45) is 5.92 Å². The summed E-state index contributed by atoms with van der Waals surface area (Å²) in [7, 11) is 1.65. The Kier molecular flexibility index (Phi) is 4.92. The van der Waals surface area contributed by atoms with E-state index in [4.69, 9.17) is 4.74 Å². The van der Waals surface area contributed by atoms with Crippen molar-refractivity contribution in [2.75, 3.05) is 12.4 Å².